The zero-order valence-electron chi connectivity index (χ0n) is 8.43. The van der Waals surface area contributed by atoms with E-state index < -0.39 is 34.1 Å². The highest BCUT2D eigenvalue weighted by atomic mass is 32.2. The lowest BCUT2D eigenvalue weighted by molar-refractivity contribution is -0.141. The summed E-state index contributed by atoms with van der Waals surface area (Å²) >= 11 is 1.24. The van der Waals surface area contributed by atoms with Crippen molar-refractivity contribution >= 4 is 23.7 Å². The van der Waals surface area contributed by atoms with Crippen LogP contribution < -0.4 is 11.1 Å². The Balaban J connectivity index is 2.78. The summed E-state index contributed by atoms with van der Waals surface area (Å²) in [6.45, 7) is 3.50. The molecule has 0 amide bonds. The Labute approximate surface area is 91.2 Å². The fourth-order valence-electron chi connectivity index (χ4n) is 1.47. The Morgan fingerprint density at radius 2 is 2.00 bits per heavy atom. The van der Waals surface area contributed by atoms with Crippen LogP contribution in [0.1, 0.15) is 13.8 Å². The summed E-state index contributed by atoms with van der Waals surface area (Å²) in [5, 5.41) is 19.8. The molecule has 1 aliphatic rings. The van der Waals surface area contributed by atoms with Crippen molar-refractivity contribution in [1.82, 2.24) is 5.32 Å². The van der Waals surface area contributed by atoms with Crippen molar-refractivity contribution in [2.24, 2.45) is 5.73 Å². The van der Waals surface area contributed by atoms with Gasteiger partial charge in [0.25, 0.3) is 0 Å². The zero-order chi connectivity index (χ0) is 11.8. The Morgan fingerprint density at radius 1 is 1.47 bits per heavy atom. The molecule has 0 aliphatic carbocycles. The average Bonchev–Trinajstić information content (AvgIpc) is 2.39. The number of hydrogen-bond donors (Lipinski definition) is 4. The minimum absolute atomic E-state index is 0.566. The summed E-state index contributed by atoms with van der Waals surface area (Å²) in [6, 6.07) is -1.88. The molecule has 1 saturated heterocycles. The van der Waals surface area contributed by atoms with Gasteiger partial charge in [0.15, 0.2) is 0 Å². The monoisotopic (exact) mass is 234 g/mol. The number of nitrogens with one attached hydrogen (secondary N) is 1. The summed E-state index contributed by atoms with van der Waals surface area (Å²) in [6.07, 6.45) is 0. The number of rotatable bonds is 3. The molecule has 6 nitrogen and oxygen atoms in total. The van der Waals surface area contributed by atoms with Gasteiger partial charge in [-0.3, -0.25) is 14.9 Å². The number of thioether (sulfide) groups is 1. The van der Waals surface area contributed by atoms with Crippen LogP contribution in [0, 0.1) is 0 Å². The van der Waals surface area contributed by atoms with E-state index in [1.165, 1.54) is 11.8 Å². The van der Waals surface area contributed by atoms with Gasteiger partial charge in [0.05, 0.1) is 5.37 Å². The van der Waals surface area contributed by atoms with Crippen LogP contribution >= 0.6 is 11.8 Å². The third-order valence-electron chi connectivity index (χ3n) is 2.32. The van der Waals surface area contributed by atoms with E-state index in [-0.39, 0.29) is 0 Å². The summed E-state index contributed by atoms with van der Waals surface area (Å²) in [4.78, 5) is 21.5. The first-order valence-electron chi connectivity index (χ1n) is 4.41. The third kappa shape index (κ3) is 2.42. The molecule has 0 saturated carbocycles. The van der Waals surface area contributed by atoms with Gasteiger partial charge >= 0.3 is 11.9 Å². The summed E-state index contributed by atoms with van der Waals surface area (Å²) in [5.74, 6) is -2.13. The van der Waals surface area contributed by atoms with Crippen molar-refractivity contribution in [1.29, 1.82) is 0 Å². The van der Waals surface area contributed by atoms with Crippen LogP contribution in [0.5, 0.6) is 0 Å². The smallest absolute Gasteiger partial charge is 0.323 e. The van der Waals surface area contributed by atoms with Crippen LogP contribution in [0.25, 0.3) is 0 Å². The molecule has 1 aliphatic heterocycles. The van der Waals surface area contributed by atoms with E-state index in [4.69, 9.17) is 15.9 Å². The first-order chi connectivity index (χ1) is 6.75. The maximum absolute atomic E-state index is 10.9. The second kappa shape index (κ2) is 3.99. The maximum Gasteiger partial charge on any atom is 0.323 e. The van der Waals surface area contributed by atoms with Gasteiger partial charge in [-0.05, 0) is 13.8 Å². The van der Waals surface area contributed by atoms with Gasteiger partial charge in [0.1, 0.15) is 12.1 Å². The van der Waals surface area contributed by atoms with E-state index in [2.05, 4.69) is 5.32 Å². The molecule has 7 heteroatoms. The highest BCUT2D eigenvalue weighted by Gasteiger charge is 2.48. The quantitative estimate of drug-likeness (QED) is 0.510. The molecule has 86 valence electrons. The largest absolute Gasteiger partial charge is 0.480 e. The minimum atomic E-state index is -1.14. The first kappa shape index (κ1) is 12.3. The van der Waals surface area contributed by atoms with Gasteiger partial charge in [-0.25, -0.2) is 0 Å². The van der Waals surface area contributed by atoms with Crippen molar-refractivity contribution < 1.29 is 19.8 Å². The summed E-state index contributed by atoms with van der Waals surface area (Å²) in [7, 11) is 0. The van der Waals surface area contributed by atoms with Gasteiger partial charge < -0.3 is 15.9 Å². The predicted molar refractivity (Wildman–Crippen MR) is 55.6 cm³/mol. The zero-order valence-corrected chi connectivity index (χ0v) is 9.25. The molecular formula is C8H14N2O4S. The molecule has 0 aromatic carbocycles. The SMILES string of the molecule is CC1(C)S[C@@H]([C@H](N)C(=O)O)N[C@H]1C(=O)O. The van der Waals surface area contributed by atoms with E-state index in [1.807, 2.05) is 0 Å². The summed E-state index contributed by atoms with van der Waals surface area (Å²) in [5.41, 5.74) is 5.43. The van der Waals surface area contributed by atoms with Crippen LogP contribution in [-0.2, 0) is 9.59 Å². The van der Waals surface area contributed by atoms with Crippen molar-refractivity contribution in [3.8, 4) is 0 Å². The predicted octanol–water partition coefficient (Wildman–Crippen LogP) is -0.707. The highest BCUT2D eigenvalue weighted by Crippen LogP contribution is 2.38. The number of carboxylic acids is 2. The Hall–Kier alpha value is -0.790. The van der Waals surface area contributed by atoms with Gasteiger partial charge in [0.2, 0.25) is 0 Å². The molecule has 1 rings (SSSR count). The molecule has 5 N–H and O–H groups in total. The molecule has 1 fully saturated rings. The topological polar surface area (TPSA) is 113 Å². The van der Waals surface area contributed by atoms with Crippen molar-refractivity contribution in [2.45, 2.75) is 36.1 Å². The second-order valence-electron chi connectivity index (χ2n) is 3.94. The van der Waals surface area contributed by atoms with Gasteiger partial charge in [-0.15, -0.1) is 11.8 Å². The van der Waals surface area contributed by atoms with Gasteiger partial charge in [0, 0.05) is 4.75 Å². The first-order valence-corrected chi connectivity index (χ1v) is 5.28. The molecule has 0 aromatic rings. The van der Waals surface area contributed by atoms with Crippen LogP contribution in [0.3, 0.4) is 0 Å². The van der Waals surface area contributed by atoms with Crippen molar-refractivity contribution in [3.05, 3.63) is 0 Å². The lowest BCUT2D eigenvalue weighted by Crippen LogP contribution is -2.50. The Bertz CT molecular complexity index is 294. The molecule has 0 aromatic heterocycles. The lowest BCUT2D eigenvalue weighted by Gasteiger charge is -2.20. The molecule has 3 atom stereocenters. The average molecular weight is 234 g/mol. The number of nitrogens with two attached hydrogens (primary N) is 1. The van der Waals surface area contributed by atoms with E-state index in [9.17, 15) is 9.59 Å². The molecule has 0 spiro atoms. The van der Waals surface area contributed by atoms with Gasteiger partial charge in [-0.2, -0.15) is 0 Å². The summed E-state index contributed by atoms with van der Waals surface area (Å²) < 4.78 is -0.566. The molecular weight excluding hydrogens is 220 g/mol. The van der Waals surface area contributed by atoms with Gasteiger partial charge in [-0.1, -0.05) is 0 Å². The van der Waals surface area contributed by atoms with Crippen molar-refractivity contribution in [2.75, 3.05) is 0 Å². The van der Waals surface area contributed by atoms with Crippen LogP contribution in [0.2, 0.25) is 0 Å². The molecule has 0 radical (unpaired) electrons. The Morgan fingerprint density at radius 3 is 2.33 bits per heavy atom. The highest BCUT2D eigenvalue weighted by molar-refractivity contribution is 8.01. The fourth-order valence-corrected chi connectivity index (χ4v) is 2.90. The molecule has 15 heavy (non-hydrogen) atoms. The molecule has 0 bridgehead atoms. The third-order valence-corrected chi connectivity index (χ3v) is 3.84. The van der Waals surface area contributed by atoms with E-state index in [1.54, 1.807) is 13.8 Å². The number of carboxylic acid groups (broad SMARTS) is 2. The normalized spacial score (nSPS) is 31.1. The van der Waals surface area contributed by atoms with Crippen LogP contribution in [0.15, 0.2) is 0 Å². The van der Waals surface area contributed by atoms with Crippen LogP contribution in [0.4, 0.5) is 0 Å². The second-order valence-corrected chi connectivity index (χ2v) is 5.74. The minimum Gasteiger partial charge on any atom is -0.480 e. The van der Waals surface area contributed by atoms with Crippen LogP contribution in [-0.4, -0.2) is 44.4 Å². The van der Waals surface area contributed by atoms with E-state index >= 15 is 0 Å². The fraction of sp³-hybridized carbons (Fsp3) is 0.750. The van der Waals surface area contributed by atoms with Crippen molar-refractivity contribution in [3.63, 3.8) is 0 Å². The lowest BCUT2D eigenvalue weighted by atomic mass is 10.0. The Kier molecular flexibility index (Phi) is 3.27. The number of hydrogen-bond acceptors (Lipinski definition) is 5. The maximum atomic E-state index is 10.9. The standard InChI is InChI=1S/C8H14N2O4S/c1-8(2)4(7(13)14)10-5(15-8)3(9)6(11)12/h3-5,10H,9H2,1-2H3,(H,11,12)(H,13,14)/t3-,4-,5-/m0/s1. The number of aliphatic carboxylic acids is 2. The van der Waals surface area contributed by atoms with E-state index in [0.29, 0.717) is 0 Å². The molecule has 1 heterocycles. The molecule has 0 unspecified atom stereocenters. The number of carbonyl (C=O) groups is 2. The van der Waals surface area contributed by atoms with E-state index in [0.717, 1.165) is 0 Å².